The van der Waals surface area contributed by atoms with E-state index < -0.39 is 5.91 Å². The van der Waals surface area contributed by atoms with Crippen LogP contribution in [0.4, 0.5) is 5.82 Å². The molecule has 0 atom stereocenters. The fraction of sp³-hybridized carbons (Fsp3) is 0.471. The van der Waals surface area contributed by atoms with Crippen LogP contribution in [0, 0.1) is 26.2 Å². The molecule has 1 aromatic rings. The highest BCUT2D eigenvalue weighted by Gasteiger charge is 2.07. The van der Waals surface area contributed by atoms with Crippen LogP contribution in [0.5, 0.6) is 0 Å². The topological polar surface area (TPSA) is 80.3 Å². The Hall–Kier alpha value is -2.39. The lowest BCUT2D eigenvalue weighted by atomic mass is 10.1. The highest BCUT2D eigenvalue weighted by atomic mass is 16.5. The van der Waals surface area contributed by atoms with E-state index in [-0.39, 0.29) is 5.60 Å². The van der Waals surface area contributed by atoms with Crippen molar-refractivity contribution in [2.24, 2.45) is 0 Å². The van der Waals surface area contributed by atoms with Gasteiger partial charge in [0.05, 0.1) is 5.60 Å². The highest BCUT2D eigenvalue weighted by Crippen LogP contribution is 2.15. The summed E-state index contributed by atoms with van der Waals surface area (Å²) in [4.78, 5) is 25.4. The molecule has 1 aromatic heterocycles. The Morgan fingerprint density at radius 2 is 2.00 bits per heavy atom. The number of methoxy groups -OCH3 is 1. The maximum Gasteiger partial charge on any atom is 0.295 e. The van der Waals surface area contributed by atoms with Crippen LogP contribution in [-0.4, -0.2) is 30.0 Å². The first-order valence-electron chi connectivity index (χ1n) is 7.11. The molecule has 0 saturated carbocycles. The second-order valence-corrected chi connectivity index (χ2v) is 5.79. The van der Waals surface area contributed by atoms with Crippen molar-refractivity contribution < 1.29 is 14.3 Å². The van der Waals surface area contributed by atoms with Crippen LogP contribution >= 0.6 is 0 Å². The first kappa shape index (κ1) is 20.6. The molecule has 23 heavy (non-hydrogen) atoms. The first-order valence-corrected chi connectivity index (χ1v) is 7.11. The summed E-state index contributed by atoms with van der Waals surface area (Å²) in [7, 11) is 1.71. The number of hydrogen-bond donors (Lipinski definition) is 2. The molecule has 0 aliphatic heterocycles. The van der Waals surface area contributed by atoms with Gasteiger partial charge >= 0.3 is 0 Å². The minimum absolute atomic E-state index is 0.0417. The van der Waals surface area contributed by atoms with Crippen LogP contribution in [0.25, 0.3) is 0 Å². The van der Waals surface area contributed by atoms with E-state index in [1.807, 2.05) is 33.6 Å². The van der Waals surface area contributed by atoms with Crippen molar-refractivity contribution >= 4 is 18.1 Å². The van der Waals surface area contributed by atoms with Crippen molar-refractivity contribution in [2.75, 3.05) is 12.4 Å². The summed E-state index contributed by atoms with van der Waals surface area (Å²) in [5, 5.41) is 5.06. The molecule has 0 aliphatic carbocycles. The van der Waals surface area contributed by atoms with Crippen molar-refractivity contribution in [1.29, 1.82) is 0 Å². The molecule has 6 heteroatoms. The van der Waals surface area contributed by atoms with Crippen molar-refractivity contribution in [3.63, 3.8) is 0 Å². The Morgan fingerprint density at radius 3 is 2.39 bits per heavy atom. The lowest BCUT2D eigenvalue weighted by molar-refractivity contribution is -0.115. The number of anilines is 1. The second-order valence-electron chi connectivity index (χ2n) is 5.79. The maximum atomic E-state index is 11.0. The molecule has 6 nitrogen and oxygen atoms in total. The van der Waals surface area contributed by atoms with Gasteiger partial charge in [0.1, 0.15) is 5.82 Å². The van der Waals surface area contributed by atoms with Crippen LogP contribution in [-0.2, 0) is 20.9 Å². The van der Waals surface area contributed by atoms with E-state index in [9.17, 15) is 9.59 Å². The zero-order chi connectivity index (χ0) is 18.0. The zero-order valence-electron chi connectivity index (χ0n) is 14.6. The van der Waals surface area contributed by atoms with Gasteiger partial charge < -0.3 is 15.4 Å². The molecule has 2 amide bonds. The third-order valence-electron chi connectivity index (χ3n) is 2.93. The van der Waals surface area contributed by atoms with Gasteiger partial charge in [0.2, 0.25) is 6.41 Å². The predicted molar refractivity (Wildman–Crippen MR) is 90.8 cm³/mol. The summed E-state index contributed by atoms with van der Waals surface area (Å²) in [5.41, 5.74) is 2.61. The summed E-state index contributed by atoms with van der Waals surface area (Å²) in [6, 6.07) is 1.73. The van der Waals surface area contributed by atoms with Crippen LogP contribution in [0.2, 0.25) is 0 Å². The molecule has 0 aliphatic rings. The van der Waals surface area contributed by atoms with E-state index >= 15 is 0 Å². The van der Waals surface area contributed by atoms with E-state index in [1.165, 1.54) is 0 Å². The van der Waals surface area contributed by atoms with Gasteiger partial charge in [-0.2, -0.15) is 0 Å². The van der Waals surface area contributed by atoms with Crippen LogP contribution in [0.3, 0.4) is 0 Å². The molecule has 0 spiro atoms. The van der Waals surface area contributed by atoms with Gasteiger partial charge in [-0.05, 0) is 57.7 Å². The standard InChI is InChI=1S/C12H13N3O2.C5H12O/c1-4-12(17)13-6-10-8(2)5-11(14-7-16)15-9(10)3;1-5(2,3)6-4/h1,5,7H,6H2,2-3H3,(H,13,17)(H,14,15,16);1-4H3. The van der Waals surface area contributed by atoms with Gasteiger partial charge in [0.25, 0.3) is 5.91 Å². The average Bonchev–Trinajstić information content (AvgIpc) is 2.46. The number of hydrogen-bond acceptors (Lipinski definition) is 4. The summed E-state index contributed by atoms with van der Waals surface area (Å²) < 4.78 is 4.94. The van der Waals surface area contributed by atoms with Gasteiger partial charge in [0, 0.05) is 19.3 Å². The number of nitrogens with zero attached hydrogens (tertiary/aromatic N) is 1. The number of aromatic nitrogens is 1. The van der Waals surface area contributed by atoms with E-state index in [4.69, 9.17) is 11.2 Å². The smallest absolute Gasteiger partial charge is 0.295 e. The Morgan fingerprint density at radius 1 is 1.43 bits per heavy atom. The van der Waals surface area contributed by atoms with Crippen LogP contribution < -0.4 is 10.6 Å². The van der Waals surface area contributed by atoms with Gasteiger partial charge in [-0.25, -0.2) is 4.98 Å². The zero-order valence-corrected chi connectivity index (χ0v) is 14.6. The van der Waals surface area contributed by atoms with Crippen LogP contribution in [0.1, 0.15) is 37.6 Å². The fourth-order valence-electron chi connectivity index (χ4n) is 1.48. The average molecular weight is 319 g/mol. The largest absolute Gasteiger partial charge is 0.379 e. The fourth-order valence-corrected chi connectivity index (χ4v) is 1.48. The lowest BCUT2D eigenvalue weighted by Crippen LogP contribution is -2.22. The molecule has 126 valence electrons. The van der Waals surface area contributed by atoms with Gasteiger partial charge in [-0.1, -0.05) is 0 Å². The molecule has 2 N–H and O–H groups in total. The van der Waals surface area contributed by atoms with E-state index in [1.54, 1.807) is 20.1 Å². The molecule has 0 bridgehead atoms. The third kappa shape index (κ3) is 8.59. The highest BCUT2D eigenvalue weighted by molar-refractivity contribution is 5.92. The van der Waals surface area contributed by atoms with E-state index in [2.05, 4.69) is 15.6 Å². The maximum absolute atomic E-state index is 11.0. The molecule has 1 heterocycles. The Bertz CT molecular complexity index is 561. The van der Waals surface area contributed by atoms with E-state index in [0.717, 1.165) is 16.8 Å². The first-order chi connectivity index (χ1) is 10.6. The normalized spacial score (nSPS) is 9.96. The number of carbonyl (C=O) groups is 2. The Labute approximate surface area is 138 Å². The Balaban J connectivity index is 0.000000688. The number of pyridine rings is 1. The third-order valence-corrected chi connectivity index (χ3v) is 2.93. The van der Waals surface area contributed by atoms with Gasteiger partial charge in [-0.3, -0.25) is 9.59 Å². The molecule has 1 rings (SSSR count). The van der Waals surface area contributed by atoms with Crippen molar-refractivity contribution in [2.45, 2.75) is 46.8 Å². The number of amides is 2. The number of terminal acetylenes is 1. The SMILES string of the molecule is C#CC(=O)NCc1c(C)cc(NC=O)nc1C.COC(C)(C)C. The summed E-state index contributed by atoms with van der Waals surface area (Å²) in [5.74, 6) is 2.01. The molecular weight excluding hydrogens is 294 g/mol. The number of carbonyl (C=O) groups excluding carboxylic acids is 2. The van der Waals surface area contributed by atoms with Crippen molar-refractivity contribution in [1.82, 2.24) is 10.3 Å². The molecule has 0 saturated heterocycles. The summed E-state index contributed by atoms with van der Waals surface area (Å²) in [6.45, 7) is 10.1. The van der Waals surface area contributed by atoms with E-state index in [0.29, 0.717) is 18.8 Å². The molecule has 0 radical (unpaired) electrons. The van der Waals surface area contributed by atoms with Crippen LogP contribution in [0.15, 0.2) is 6.07 Å². The Kier molecular flexibility index (Phi) is 8.59. The summed E-state index contributed by atoms with van der Waals surface area (Å²) >= 11 is 0. The van der Waals surface area contributed by atoms with Gasteiger partial charge in [0.15, 0.2) is 0 Å². The number of ether oxygens (including phenoxy) is 1. The molecule has 0 unspecified atom stereocenters. The molecular formula is C17H25N3O3. The monoisotopic (exact) mass is 319 g/mol. The quantitative estimate of drug-likeness (QED) is 0.656. The van der Waals surface area contributed by atoms with Gasteiger partial charge in [-0.15, -0.1) is 6.42 Å². The molecule has 0 aromatic carbocycles. The predicted octanol–water partition coefficient (Wildman–Crippen LogP) is 1.95. The minimum atomic E-state index is -0.459. The van der Waals surface area contributed by atoms with Crippen molar-refractivity contribution in [3.8, 4) is 12.3 Å². The minimum Gasteiger partial charge on any atom is -0.379 e. The molecule has 0 fully saturated rings. The second kappa shape index (κ2) is 9.59. The lowest BCUT2D eigenvalue weighted by Gasteiger charge is -2.14. The number of aryl methyl sites for hydroxylation is 2. The number of rotatable bonds is 4. The van der Waals surface area contributed by atoms with Crippen molar-refractivity contribution in [3.05, 3.63) is 22.9 Å². The number of nitrogens with one attached hydrogen (secondary N) is 2. The summed E-state index contributed by atoms with van der Waals surface area (Å²) in [6.07, 6.45) is 5.52.